The number of fused-ring (bicyclic) bond motifs is 1. The van der Waals surface area contributed by atoms with E-state index in [2.05, 4.69) is 5.32 Å². The van der Waals surface area contributed by atoms with E-state index >= 15 is 0 Å². The first-order valence-electron chi connectivity index (χ1n) is 7.71. The minimum Gasteiger partial charge on any atom is -0.321 e. The van der Waals surface area contributed by atoms with Crippen LogP contribution >= 0.6 is 0 Å². The van der Waals surface area contributed by atoms with Crippen molar-refractivity contribution in [2.24, 2.45) is 0 Å². The van der Waals surface area contributed by atoms with Gasteiger partial charge in [0, 0.05) is 12.3 Å². The summed E-state index contributed by atoms with van der Waals surface area (Å²) in [4.78, 5) is 12.3. The summed E-state index contributed by atoms with van der Waals surface area (Å²) in [6.07, 6.45) is 4.24. The Hall–Kier alpha value is -2.92. The lowest BCUT2D eigenvalue weighted by Crippen LogP contribution is -2.11. The van der Waals surface area contributed by atoms with Crippen LogP contribution < -0.4 is 5.32 Å². The molecular formula is C20H17NO3S. The second-order valence-corrected chi connectivity index (χ2v) is 7.64. The first kappa shape index (κ1) is 16.9. The van der Waals surface area contributed by atoms with Crippen molar-refractivity contribution in [1.82, 2.24) is 0 Å². The van der Waals surface area contributed by atoms with Crippen molar-refractivity contribution >= 4 is 38.3 Å². The molecule has 1 N–H and O–H groups in total. The molecule has 0 aliphatic carbocycles. The molecule has 0 bridgehead atoms. The smallest absolute Gasteiger partial charge is 0.248 e. The summed E-state index contributed by atoms with van der Waals surface area (Å²) in [7, 11) is -3.41. The first-order valence-corrected chi connectivity index (χ1v) is 9.60. The predicted molar refractivity (Wildman–Crippen MR) is 101 cm³/mol. The molecule has 3 aromatic rings. The van der Waals surface area contributed by atoms with Crippen molar-refractivity contribution in [3.05, 3.63) is 78.4 Å². The number of anilines is 1. The largest absolute Gasteiger partial charge is 0.321 e. The van der Waals surface area contributed by atoms with E-state index in [1.54, 1.807) is 24.3 Å². The van der Waals surface area contributed by atoms with Crippen LogP contribution in [0.15, 0.2) is 77.7 Å². The minimum absolute atomic E-state index is 0.0990. The molecule has 0 atom stereocenters. The molecule has 0 unspecified atom stereocenters. The van der Waals surface area contributed by atoms with Gasteiger partial charge in [-0.1, -0.05) is 54.6 Å². The summed E-state index contributed by atoms with van der Waals surface area (Å²) in [5, 5.41) is 4.77. The highest BCUT2D eigenvalue weighted by atomic mass is 32.2. The van der Waals surface area contributed by atoms with E-state index in [1.807, 2.05) is 42.5 Å². The lowest BCUT2D eigenvalue weighted by atomic mass is 10.0. The van der Waals surface area contributed by atoms with Gasteiger partial charge in [-0.15, -0.1) is 0 Å². The van der Waals surface area contributed by atoms with Gasteiger partial charge < -0.3 is 5.32 Å². The number of amides is 1. The summed E-state index contributed by atoms with van der Waals surface area (Å²) in [5.74, 6) is -0.385. The van der Waals surface area contributed by atoms with Gasteiger partial charge in [0.15, 0.2) is 9.84 Å². The highest BCUT2D eigenvalue weighted by Crippen LogP contribution is 2.22. The normalized spacial score (nSPS) is 11.7. The standard InChI is InChI=1S/C20H17NO3S/c1-25(23,24)19-12-5-4-11-18(19)21-20(22)14-13-16-9-6-8-15-7-2-3-10-17(15)16/h2-14H,1H3,(H,21,22)/b14-13+. The fourth-order valence-electron chi connectivity index (χ4n) is 2.63. The molecule has 0 saturated heterocycles. The number of sulfone groups is 1. The molecule has 0 aliphatic heterocycles. The van der Waals surface area contributed by atoms with Crippen molar-refractivity contribution in [2.75, 3.05) is 11.6 Å². The third-order valence-corrected chi connectivity index (χ3v) is 4.94. The molecular weight excluding hydrogens is 334 g/mol. The van der Waals surface area contributed by atoms with Gasteiger partial charge in [-0.2, -0.15) is 0 Å². The average Bonchev–Trinajstić information content (AvgIpc) is 2.59. The van der Waals surface area contributed by atoms with Gasteiger partial charge >= 0.3 is 0 Å². The lowest BCUT2D eigenvalue weighted by molar-refractivity contribution is -0.111. The highest BCUT2D eigenvalue weighted by molar-refractivity contribution is 7.90. The SMILES string of the molecule is CS(=O)(=O)c1ccccc1NC(=O)/C=C/c1cccc2ccccc12. The molecule has 3 aromatic carbocycles. The van der Waals surface area contributed by atoms with E-state index in [0.29, 0.717) is 0 Å². The van der Waals surface area contributed by atoms with Crippen molar-refractivity contribution in [3.8, 4) is 0 Å². The Bertz CT molecular complexity index is 1060. The fourth-order valence-corrected chi connectivity index (χ4v) is 3.47. The van der Waals surface area contributed by atoms with Gasteiger partial charge in [0.05, 0.1) is 10.6 Å². The van der Waals surface area contributed by atoms with Crippen molar-refractivity contribution < 1.29 is 13.2 Å². The number of carbonyl (C=O) groups is 1. The van der Waals surface area contributed by atoms with E-state index in [9.17, 15) is 13.2 Å². The van der Waals surface area contributed by atoms with E-state index in [4.69, 9.17) is 0 Å². The lowest BCUT2D eigenvalue weighted by Gasteiger charge is -2.08. The third-order valence-electron chi connectivity index (χ3n) is 3.78. The maximum Gasteiger partial charge on any atom is 0.248 e. The monoisotopic (exact) mass is 351 g/mol. The molecule has 1 amide bonds. The number of carbonyl (C=O) groups excluding carboxylic acids is 1. The molecule has 5 heteroatoms. The zero-order chi connectivity index (χ0) is 17.9. The van der Waals surface area contributed by atoms with Crippen molar-refractivity contribution in [2.45, 2.75) is 4.90 Å². The molecule has 0 heterocycles. The summed E-state index contributed by atoms with van der Waals surface area (Å²) >= 11 is 0. The molecule has 0 saturated carbocycles. The van der Waals surface area contributed by atoms with Crippen LogP contribution in [0.1, 0.15) is 5.56 Å². The van der Waals surface area contributed by atoms with Crippen LogP contribution in [-0.2, 0) is 14.6 Å². The summed E-state index contributed by atoms with van der Waals surface area (Å²) in [6, 6.07) is 20.1. The Labute approximate surface area is 146 Å². The first-order chi connectivity index (χ1) is 11.9. The molecule has 126 valence electrons. The van der Waals surface area contributed by atoms with Gasteiger partial charge in [0.1, 0.15) is 0 Å². The number of benzene rings is 3. The van der Waals surface area contributed by atoms with E-state index in [-0.39, 0.29) is 16.5 Å². The molecule has 4 nitrogen and oxygen atoms in total. The van der Waals surface area contributed by atoms with Crippen LogP contribution in [-0.4, -0.2) is 20.6 Å². The fraction of sp³-hybridized carbons (Fsp3) is 0.0500. The third kappa shape index (κ3) is 3.95. The number of hydrogen-bond donors (Lipinski definition) is 1. The second kappa shape index (κ2) is 6.91. The Morgan fingerprint density at radius 1 is 0.920 bits per heavy atom. The number of rotatable bonds is 4. The van der Waals surface area contributed by atoms with Gasteiger partial charge in [-0.3, -0.25) is 4.79 Å². The molecule has 25 heavy (non-hydrogen) atoms. The van der Waals surface area contributed by atoms with Crippen LogP contribution in [0.3, 0.4) is 0 Å². The Balaban J connectivity index is 1.85. The molecule has 0 aliphatic rings. The Morgan fingerprint density at radius 2 is 1.60 bits per heavy atom. The number of hydrogen-bond acceptors (Lipinski definition) is 3. The molecule has 0 radical (unpaired) electrons. The molecule has 0 fully saturated rings. The quantitative estimate of drug-likeness (QED) is 0.725. The molecule has 0 spiro atoms. The van der Waals surface area contributed by atoms with Crippen LogP contribution in [0.25, 0.3) is 16.8 Å². The maximum atomic E-state index is 12.2. The van der Waals surface area contributed by atoms with Crippen LogP contribution in [0.4, 0.5) is 5.69 Å². The molecule has 0 aromatic heterocycles. The van der Waals surface area contributed by atoms with Crippen LogP contribution in [0.2, 0.25) is 0 Å². The van der Waals surface area contributed by atoms with Crippen LogP contribution in [0.5, 0.6) is 0 Å². The number of nitrogens with one attached hydrogen (secondary N) is 1. The number of para-hydroxylation sites is 1. The van der Waals surface area contributed by atoms with Gasteiger partial charge in [0.2, 0.25) is 5.91 Å². The van der Waals surface area contributed by atoms with Gasteiger partial charge in [-0.25, -0.2) is 8.42 Å². The molecule has 3 rings (SSSR count). The van der Waals surface area contributed by atoms with E-state index in [1.165, 1.54) is 12.1 Å². The van der Waals surface area contributed by atoms with Gasteiger partial charge in [0.25, 0.3) is 0 Å². The van der Waals surface area contributed by atoms with Gasteiger partial charge in [-0.05, 0) is 34.5 Å². The second-order valence-electron chi connectivity index (χ2n) is 5.66. The minimum atomic E-state index is -3.41. The van der Waals surface area contributed by atoms with Crippen molar-refractivity contribution in [1.29, 1.82) is 0 Å². The predicted octanol–water partition coefficient (Wildman–Crippen LogP) is 3.90. The highest BCUT2D eigenvalue weighted by Gasteiger charge is 2.13. The Morgan fingerprint density at radius 3 is 2.40 bits per heavy atom. The van der Waals surface area contributed by atoms with E-state index < -0.39 is 9.84 Å². The maximum absolute atomic E-state index is 12.2. The van der Waals surface area contributed by atoms with Crippen molar-refractivity contribution in [3.63, 3.8) is 0 Å². The van der Waals surface area contributed by atoms with Crippen LogP contribution in [0, 0.1) is 0 Å². The summed E-state index contributed by atoms with van der Waals surface area (Å²) < 4.78 is 23.6. The summed E-state index contributed by atoms with van der Waals surface area (Å²) in [6.45, 7) is 0. The zero-order valence-corrected chi connectivity index (χ0v) is 14.5. The summed E-state index contributed by atoms with van der Waals surface area (Å²) in [5.41, 5.74) is 1.20. The van der Waals surface area contributed by atoms with E-state index in [0.717, 1.165) is 22.6 Å². The topological polar surface area (TPSA) is 63.2 Å². The average molecular weight is 351 g/mol. The Kier molecular flexibility index (Phi) is 4.67. The zero-order valence-electron chi connectivity index (χ0n) is 13.6.